The summed E-state index contributed by atoms with van der Waals surface area (Å²) in [5, 5.41) is 0.741. The Kier molecular flexibility index (Phi) is 5.36. The molecule has 2 aromatic rings. The molecule has 0 saturated heterocycles. The van der Waals surface area contributed by atoms with Gasteiger partial charge in [0, 0.05) is 11.1 Å². The van der Waals surface area contributed by atoms with Crippen LogP contribution in [0.1, 0.15) is 61.1 Å². The first kappa shape index (κ1) is 18.7. The van der Waals surface area contributed by atoms with Gasteiger partial charge in [-0.2, -0.15) is 0 Å². The molecule has 0 bridgehead atoms. The number of rotatable bonds is 3. The van der Waals surface area contributed by atoms with Crippen LogP contribution in [-0.2, 0) is 6.42 Å². The van der Waals surface area contributed by atoms with Gasteiger partial charge < -0.3 is 0 Å². The Morgan fingerprint density at radius 3 is 2.59 bits per heavy atom. The molecule has 3 heteroatoms. The summed E-state index contributed by atoms with van der Waals surface area (Å²) in [6.45, 7) is 2.15. The maximum atomic E-state index is 14.3. The van der Waals surface area contributed by atoms with Crippen molar-refractivity contribution in [3.05, 3.63) is 81.9 Å². The Morgan fingerprint density at radius 1 is 1.07 bits per heavy atom. The maximum Gasteiger partial charge on any atom is 0.129 e. The molecule has 2 aromatic carbocycles. The second-order valence-corrected chi connectivity index (χ2v) is 8.36. The van der Waals surface area contributed by atoms with Gasteiger partial charge in [-0.3, -0.25) is 0 Å². The molecule has 0 spiro atoms. The lowest BCUT2D eigenvalue weighted by atomic mass is 9.58. The smallest absolute Gasteiger partial charge is 0.129 e. The standard InChI is InChI=1S/C24H25ClF2/c1-2-3-4-15-7-10-19-21(24(15)16-5-8-17(25)9-6-16)12-11-20-22(19)13-18(26)14-23(20)27/h3-6,8-9,13-15,19,21,24H,2,7,10-12H2,1H3/t15-,19-,21+,24-/m1/s1. The lowest BCUT2D eigenvalue weighted by molar-refractivity contribution is 0.194. The third-order valence-electron chi connectivity index (χ3n) is 6.45. The van der Waals surface area contributed by atoms with Gasteiger partial charge in [0.15, 0.2) is 0 Å². The number of hydrogen-bond donors (Lipinski definition) is 0. The van der Waals surface area contributed by atoms with Crippen molar-refractivity contribution in [3.8, 4) is 0 Å². The summed E-state index contributed by atoms with van der Waals surface area (Å²) in [5.74, 6) is 0.629. The van der Waals surface area contributed by atoms with Crippen LogP contribution in [0.4, 0.5) is 8.78 Å². The first-order valence-corrected chi connectivity index (χ1v) is 10.4. The second kappa shape index (κ2) is 7.75. The van der Waals surface area contributed by atoms with Gasteiger partial charge in [-0.1, -0.05) is 42.8 Å². The molecule has 0 amide bonds. The zero-order valence-corrected chi connectivity index (χ0v) is 16.4. The van der Waals surface area contributed by atoms with E-state index in [0.29, 0.717) is 24.2 Å². The largest absolute Gasteiger partial charge is 0.207 e. The third-order valence-corrected chi connectivity index (χ3v) is 6.70. The van der Waals surface area contributed by atoms with Crippen LogP contribution in [-0.4, -0.2) is 0 Å². The lowest BCUT2D eigenvalue weighted by Gasteiger charge is -2.46. The second-order valence-electron chi connectivity index (χ2n) is 7.92. The Balaban J connectivity index is 1.75. The molecular formula is C24H25ClF2. The summed E-state index contributed by atoms with van der Waals surface area (Å²) in [5.41, 5.74) is 2.93. The van der Waals surface area contributed by atoms with Crippen LogP contribution >= 0.6 is 11.6 Å². The third kappa shape index (κ3) is 3.57. The Labute approximate surface area is 165 Å². The number of hydrogen-bond acceptors (Lipinski definition) is 0. The molecule has 27 heavy (non-hydrogen) atoms. The van der Waals surface area contributed by atoms with Crippen molar-refractivity contribution in [2.24, 2.45) is 11.8 Å². The fourth-order valence-corrected chi connectivity index (χ4v) is 5.46. The van der Waals surface area contributed by atoms with E-state index >= 15 is 0 Å². The van der Waals surface area contributed by atoms with Crippen LogP contribution < -0.4 is 0 Å². The van der Waals surface area contributed by atoms with Gasteiger partial charge in [-0.15, -0.1) is 0 Å². The number of benzene rings is 2. The maximum absolute atomic E-state index is 14.3. The lowest BCUT2D eigenvalue weighted by Crippen LogP contribution is -2.35. The molecule has 1 fully saturated rings. The monoisotopic (exact) mass is 386 g/mol. The van der Waals surface area contributed by atoms with Crippen molar-refractivity contribution in [1.82, 2.24) is 0 Å². The minimum absolute atomic E-state index is 0.228. The highest BCUT2D eigenvalue weighted by Gasteiger charge is 2.42. The van der Waals surface area contributed by atoms with Crippen molar-refractivity contribution in [1.29, 1.82) is 0 Å². The van der Waals surface area contributed by atoms with E-state index in [1.54, 1.807) is 6.07 Å². The summed E-state index contributed by atoms with van der Waals surface area (Å²) < 4.78 is 28.3. The zero-order valence-electron chi connectivity index (χ0n) is 15.6. The van der Waals surface area contributed by atoms with Crippen molar-refractivity contribution in [2.45, 2.75) is 50.9 Å². The SMILES string of the molecule is CCC=C[C@@H]1CC[C@H]2c3cc(F)cc(F)c3CC[C@@H]2[C@H]1c1ccc(Cl)cc1. The fraction of sp³-hybridized carbons (Fsp3) is 0.417. The molecule has 4 atom stereocenters. The van der Waals surface area contributed by atoms with Crippen molar-refractivity contribution >= 4 is 11.6 Å². The summed E-state index contributed by atoms with van der Waals surface area (Å²) in [4.78, 5) is 0. The average Bonchev–Trinajstić information content (AvgIpc) is 2.66. The van der Waals surface area contributed by atoms with Gasteiger partial charge in [0.25, 0.3) is 0 Å². The van der Waals surface area contributed by atoms with E-state index in [1.807, 2.05) is 12.1 Å². The highest BCUT2D eigenvalue weighted by Crippen LogP contribution is 2.54. The molecule has 0 unspecified atom stereocenters. The summed E-state index contributed by atoms with van der Waals surface area (Å²) in [7, 11) is 0. The minimum atomic E-state index is -0.456. The molecule has 4 rings (SSSR count). The van der Waals surface area contributed by atoms with Gasteiger partial charge in [0.1, 0.15) is 11.6 Å². The predicted molar refractivity (Wildman–Crippen MR) is 107 cm³/mol. The molecule has 1 saturated carbocycles. The molecule has 0 heterocycles. The first-order chi connectivity index (χ1) is 13.1. The molecule has 0 aromatic heterocycles. The normalized spacial score (nSPS) is 27.4. The molecule has 0 radical (unpaired) electrons. The molecular weight excluding hydrogens is 362 g/mol. The van der Waals surface area contributed by atoms with Gasteiger partial charge in [-0.25, -0.2) is 8.78 Å². The molecule has 142 valence electrons. The van der Waals surface area contributed by atoms with Crippen LogP contribution in [0.3, 0.4) is 0 Å². The Bertz CT molecular complexity index is 840. The van der Waals surface area contributed by atoms with Gasteiger partial charge >= 0.3 is 0 Å². The Morgan fingerprint density at radius 2 is 1.85 bits per heavy atom. The molecule has 2 aliphatic rings. The van der Waals surface area contributed by atoms with E-state index in [9.17, 15) is 8.78 Å². The van der Waals surface area contributed by atoms with Crippen LogP contribution in [0, 0.1) is 23.5 Å². The average molecular weight is 387 g/mol. The van der Waals surface area contributed by atoms with Crippen LogP contribution in [0.25, 0.3) is 0 Å². The first-order valence-electron chi connectivity index (χ1n) is 9.98. The topological polar surface area (TPSA) is 0 Å². The zero-order chi connectivity index (χ0) is 19.0. The van der Waals surface area contributed by atoms with E-state index in [4.69, 9.17) is 11.6 Å². The summed E-state index contributed by atoms with van der Waals surface area (Å²) in [6.07, 6.45) is 9.31. The van der Waals surface area contributed by atoms with Crippen LogP contribution in [0.15, 0.2) is 48.6 Å². The minimum Gasteiger partial charge on any atom is -0.207 e. The van der Waals surface area contributed by atoms with E-state index < -0.39 is 5.82 Å². The van der Waals surface area contributed by atoms with Gasteiger partial charge in [-0.05, 0) is 90.7 Å². The molecule has 0 N–H and O–H groups in total. The number of allylic oxidation sites excluding steroid dienone is 2. The van der Waals surface area contributed by atoms with Crippen LogP contribution in [0.5, 0.6) is 0 Å². The van der Waals surface area contributed by atoms with Crippen molar-refractivity contribution in [2.75, 3.05) is 0 Å². The summed E-state index contributed by atoms with van der Waals surface area (Å²) in [6, 6.07) is 10.8. The quantitative estimate of drug-likeness (QED) is 0.481. The molecule has 0 nitrogen and oxygen atoms in total. The van der Waals surface area contributed by atoms with E-state index in [0.717, 1.165) is 47.9 Å². The van der Waals surface area contributed by atoms with Gasteiger partial charge in [0.2, 0.25) is 0 Å². The fourth-order valence-electron chi connectivity index (χ4n) is 5.34. The van der Waals surface area contributed by atoms with E-state index in [-0.39, 0.29) is 11.7 Å². The number of fused-ring (bicyclic) bond motifs is 3. The predicted octanol–water partition coefficient (Wildman–Crippen LogP) is 7.42. The Hall–Kier alpha value is -1.67. The van der Waals surface area contributed by atoms with E-state index in [1.165, 1.54) is 5.56 Å². The highest BCUT2D eigenvalue weighted by molar-refractivity contribution is 6.30. The van der Waals surface area contributed by atoms with Gasteiger partial charge in [0.05, 0.1) is 0 Å². The highest BCUT2D eigenvalue weighted by atomic mass is 35.5. The molecule has 0 aliphatic heterocycles. The molecule has 2 aliphatic carbocycles. The van der Waals surface area contributed by atoms with Crippen LogP contribution in [0.2, 0.25) is 5.02 Å². The van der Waals surface area contributed by atoms with Crippen molar-refractivity contribution < 1.29 is 8.78 Å². The number of halogens is 3. The summed E-state index contributed by atoms with van der Waals surface area (Å²) >= 11 is 6.11. The van der Waals surface area contributed by atoms with E-state index in [2.05, 4.69) is 31.2 Å². The van der Waals surface area contributed by atoms with Crippen molar-refractivity contribution in [3.63, 3.8) is 0 Å².